The fourth-order valence-electron chi connectivity index (χ4n) is 2.35. The molecule has 0 aromatic heterocycles. The molecule has 0 aliphatic carbocycles. The molecule has 0 saturated carbocycles. The highest BCUT2D eigenvalue weighted by molar-refractivity contribution is 5.95. The molecule has 0 aromatic carbocycles. The number of carboxylic acid groups (broad SMARTS) is 2. The smallest absolute Gasteiger partial charge is 0.305 e. The molecule has 0 fully saturated rings. The van der Waals surface area contributed by atoms with Crippen LogP contribution in [0.4, 0.5) is 0 Å². The van der Waals surface area contributed by atoms with Gasteiger partial charge in [-0.05, 0) is 6.42 Å². The number of carboxylic acids is 2. The van der Waals surface area contributed by atoms with E-state index in [0.717, 1.165) is 0 Å². The molecule has 4 amide bonds. The van der Waals surface area contributed by atoms with Crippen LogP contribution in [0.5, 0.6) is 0 Å². The Hall–Kier alpha value is -3.95. The number of nitrogens with one attached hydrogen (secondary N) is 4. The first-order valence-corrected chi connectivity index (χ1v) is 9.53. The number of aldehydes is 1. The lowest BCUT2D eigenvalue weighted by Crippen LogP contribution is -2.55. The third-order valence-electron chi connectivity index (χ3n) is 3.79. The molecule has 32 heavy (non-hydrogen) atoms. The highest BCUT2D eigenvalue weighted by Crippen LogP contribution is 1.99. The number of hydrogen-bond donors (Lipinski definition) is 6. The van der Waals surface area contributed by atoms with Gasteiger partial charge in [-0.3, -0.25) is 28.8 Å². The maximum Gasteiger partial charge on any atom is 0.305 e. The summed E-state index contributed by atoms with van der Waals surface area (Å²) in [5.41, 5.74) is 0. The quantitative estimate of drug-likeness (QED) is 0.114. The van der Waals surface area contributed by atoms with Crippen molar-refractivity contribution >= 4 is 41.9 Å². The Morgan fingerprint density at radius 3 is 2.03 bits per heavy atom. The van der Waals surface area contributed by atoms with Crippen molar-refractivity contribution in [2.75, 3.05) is 6.54 Å². The average molecular weight is 454 g/mol. The van der Waals surface area contributed by atoms with Gasteiger partial charge in [-0.25, -0.2) is 0 Å². The number of amides is 4. The van der Waals surface area contributed by atoms with E-state index in [1.165, 1.54) is 0 Å². The van der Waals surface area contributed by atoms with Crippen LogP contribution in [0.3, 0.4) is 0 Å². The fraction of sp³-hybridized carbons (Fsp3) is 0.526. The Bertz CT molecular complexity index is 775. The second-order valence-electron chi connectivity index (χ2n) is 6.56. The van der Waals surface area contributed by atoms with E-state index >= 15 is 0 Å². The first-order chi connectivity index (χ1) is 15.0. The Labute approximate surface area is 183 Å². The first kappa shape index (κ1) is 28.0. The molecule has 0 bridgehead atoms. The van der Waals surface area contributed by atoms with Gasteiger partial charge in [0.25, 0.3) is 0 Å². The van der Waals surface area contributed by atoms with Gasteiger partial charge in [0, 0.05) is 12.8 Å². The predicted molar refractivity (Wildman–Crippen MR) is 108 cm³/mol. The number of carbonyl (C=O) groups is 7. The van der Waals surface area contributed by atoms with Crippen molar-refractivity contribution < 1.29 is 43.8 Å². The molecule has 0 aliphatic heterocycles. The highest BCUT2D eigenvalue weighted by atomic mass is 16.4. The molecule has 0 aromatic rings. The van der Waals surface area contributed by atoms with E-state index in [1.54, 1.807) is 6.92 Å². The molecular formula is C19H26N4O9. The molecular weight excluding hydrogens is 428 g/mol. The van der Waals surface area contributed by atoms with Gasteiger partial charge in [0.15, 0.2) is 0 Å². The van der Waals surface area contributed by atoms with Crippen molar-refractivity contribution in [3.8, 4) is 12.3 Å². The van der Waals surface area contributed by atoms with Crippen LogP contribution in [0, 0.1) is 12.3 Å². The monoisotopic (exact) mass is 454 g/mol. The zero-order chi connectivity index (χ0) is 24.7. The number of carbonyl (C=O) groups excluding carboxylic acids is 5. The zero-order valence-corrected chi connectivity index (χ0v) is 17.4. The summed E-state index contributed by atoms with van der Waals surface area (Å²) in [6, 6.07) is -4.09. The zero-order valence-electron chi connectivity index (χ0n) is 17.4. The molecule has 0 saturated heterocycles. The average Bonchev–Trinajstić information content (AvgIpc) is 2.70. The van der Waals surface area contributed by atoms with E-state index in [4.69, 9.17) is 16.6 Å². The Morgan fingerprint density at radius 2 is 1.53 bits per heavy atom. The summed E-state index contributed by atoms with van der Waals surface area (Å²) in [6.45, 7) is 1.07. The molecule has 13 heteroatoms. The molecule has 13 nitrogen and oxygen atoms in total. The van der Waals surface area contributed by atoms with Crippen molar-refractivity contribution in [1.82, 2.24) is 21.3 Å². The van der Waals surface area contributed by atoms with E-state index in [1.807, 2.05) is 0 Å². The van der Waals surface area contributed by atoms with E-state index in [9.17, 15) is 33.6 Å². The Kier molecular flexibility index (Phi) is 13.1. The minimum absolute atomic E-state index is 0.0659. The van der Waals surface area contributed by atoms with Crippen LogP contribution in [0.25, 0.3) is 0 Å². The van der Waals surface area contributed by atoms with Gasteiger partial charge in [-0.2, -0.15) is 0 Å². The summed E-state index contributed by atoms with van der Waals surface area (Å²) in [6.07, 6.45) is 4.26. The van der Waals surface area contributed by atoms with Gasteiger partial charge in [0.2, 0.25) is 23.6 Å². The minimum atomic E-state index is -1.45. The molecule has 176 valence electrons. The lowest BCUT2D eigenvalue weighted by molar-refractivity contribution is -0.141. The van der Waals surface area contributed by atoms with E-state index < -0.39 is 73.1 Å². The van der Waals surface area contributed by atoms with Crippen LogP contribution < -0.4 is 21.3 Å². The lowest BCUT2D eigenvalue weighted by Gasteiger charge is -2.21. The lowest BCUT2D eigenvalue weighted by atomic mass is 10.1. The Morgan fingerprint density at radius 1 is 0.906 bits per heavy atom. The molecule has 0 spiro atoms. The summed E-state index contributed by atoms with van der Waals surface area (Å²) in [5, 5.41) is 26.4. The number of aliphatic carboxylic acids is 2. The van der Waals surface area contributed by atoms with E-state index in [0.29, 0.717) is 6.42 Å². The predicted octanol–water partition coefficient (Wildman–Crippen LogP) is -2.47. The van der Waals surface area contributed by atoms with Gasteiger partial charge in [0.05, 0.1) is 25.4 Å². The molecule has 6 N–H and O–H groups in total. The molecule has 3 unspecified atom stereocenters. The minimum Gasteiger partial charge on any atom is -0.481 e. The number of hydrogen-bond acceptors (Lipinski definition) is 7. The van der Waals surface area contributed by atoms with Gasteiger partial charge in [-0.15, -0.1) is 12.3 Å². The molecule has 0 radical (unpaired) electrons. The van der Waals surface area contributed by atoms with E-state index in [2.05, 4.69) is 27.2 Å². The fourth-order valence-corrected chi connectivity index (χ4v) is 2.35. The van der Waals surface area contributed by atoms with Crippen molar-refractivity contribution in [2.24, 2.45) is 0 Å². The molecule has 0 aliphatic rings. The topological polar surface area (TPSA) is 208 Å². The summed E-state index contributed by atoms with van der Waals surface area (Å²) < 4.78 is 0. The van der Waals surface area contributed by atoms with Crippen LogP contribution in [0.15, 0.2) is 0 Å². The molecule has 3 atom stereocenters. The Balaban J connectivity index is 5.03. The van der Waals surface area contributed by atoms with Gasteiger partial charge in [0.1, 0.15) is 18.4 Å². The van der Waals surface area contributed by atoms with Gasteiger partial charge >= 0.3 is 11.9 Å². The largest absolute Gasteiger partial charge is 0.481 e. The number of terminal acetylenes is 1. The second-order valence-corrected chi connectivity index (χ2v) is 6.56. The third kappa shape index (κ3) is 11.9. The summed E-state index contributed by atoms with van der Waals surface area (Å²) in [7, 11) is 0. The van der Waals surface area contributed by atoms with Gasteiger partial charge < -0.3 is 36.3 Å². The van der Waals surface area contributed by atoms with Crippen molar-refractivity contribution in [1.29, 1.82) is 0 Å². The highest BCUT2D eigenvalue weighted by Gasteiger charge is 2.28. The maximum atomic E-state index is 12.4. The summed E-state index contributed by atoms with van der Waals surface area (Å²) >= 11 is 0. The van der Waals surface area contributed by atoms with Crippen LogP contribution in [-0.2, 0) is 33.6 Å². The SMILES string of the molecule is C#CCC(NC(=O)C(CC(=O)O)NC(=O)CCC)C(=O)NCC(=O)NC(C=O)CC(=O)O. The van der Waals surface area contributed by atoms with Gasteiger partial charge in [-0.1, -0.05) is 6.92 Å². The normalized spacial score (nSPS) is 12.8. The van der Waals surface area contributed by atoms with Crippen molar-refractivity contribution in [3.63, 3.8) is 0 Å². The summed E-state index contributed by atoms with van der Waals surface area (Å²) in [5.74, 6) is -3.78. The molecule has 0 rings (SSSR count). The maximum absolute atomic E-state index is 12.4. The van der Waals surface area contributed by atoms with Crippen molar-refractivity contribution in [2.45, 2.75) is 57.2 Å². The first-order valence-electron chi connectivity index (χ1n) is 9.53. The number of rotatable bonds is 15. The third-order valence-corrected chi connectivity index (χ3v) is 3.79. The summed E-state index contributed by atoms with van der Waals surface area (Å²) in [4.78, 5) is 80.7. The van der Waals surface area contributed by atoms with Crippen LogP contribution >= 0.6 is 0 Å². The van der Waals surface area contributed by atoms with E-state index in [-0.39, 0.29) is 19.1 Å². The molecule has 0 heterocycles. The van der Waals surface area contributed by atoms with Crippen LogP contribution in [0.1, 0.15) is 39.0 Å². The standard InChI is InChI=1S/C19H26N4O9/c1-3-5-12(18(31)20-9-15(26)21-11(10-24)7-16(27)28)23-19(32)13(8-17(29)30)22-14(25)6-4-2/h1,10-13H,4-9H2,2H3,(H,20,31)(H,21,26)(H,22,25)(H,23,32)(H,27,28)(H,29,30). The van der Waals surface area contributed by atoms with Crippen molar-refractivity contribution in [3.05, 3.63) is 0 Å². The second kappa shape index (κ2) is 14.9. The van der Waals surface area contributed by atoms with Crippen LogP contribution in [0.2, 0.25) is 0 Å². The van der Waals surface area contributed by atoms with Crippen LogP contribution in [-0.4, -0.2) is 76.7 Å².